The van der Waals surface area contributed by atoms with Crippen molar-refractivity contribution in [2.24, 2.45) is 0 Å². The number of hydrogen-bond acceptors (Lipinski definition) is 4. The highest BCUT2D eigenvalue weighted by molar-refractivity contribution is 6.00. The Kier molecular flexibility index (Phi) is 6.27. The third kappa shape index (κ3) is 5.45. The highest BCUT2D eigenvalue weighted by atomic mass is 19.3. The molecule has 0 spiro atoms. The standard InChI is InChI=1S/C17H16F2N2O4/c1-24-12-8-6-11(7-9-12)21-15(22)10-20-16(23)13-4-2-3-5-14(13)25-17(18)19/h2-9,17H,10H2,1H3,(H,20,23)(H,21,22). The zero-order valence-electron chi connectivity index (χ0n) is 13.3. The number of alkyl halides is 2. The van der Waals surface area contributed by atoms with Crippen molar-refractivity contribution in [2.45, 2.75) is 6.61 Å². The van der Waals surface area contributed by atoms with Gasteiger partial charge in [-0.3, -0.25) is 9.59 Å². The van der Waals surface area contributed by atoms with E-state index in [0.29, 0.717) is 11.4 Å². The van der Waals surface area contributed by atoms with Crippen molar-refractivity contribution < 1.29 is 27.8 Å². The summed E-state index contributed by atoms with van der Waals surface area (Å²) in [6.45, 7) is -3.37. The maximum Gasteiger partial charge on any atom is 0.387 e. The van der Waals surface area contributed by atoms with E-state index in [-0.39, 0.29) is 17.9 Å². The second-order valence-electron chi connectivity index (χ2n) is 4.83. The van der Waals surface area contributed by atoms with Crippen LogP contribution in [0.15, 0.2) is 48.5 Å². The molecule has 0 aromatic heterocycles. The number of rotatable bonds is 7. The molecular weight excluding hydrogens is 334 g/mol. The van der Waals surface area contributed by atoms with Crippen LogP contribution < -0.4 is 20.1 Å². The van der Waals surface area contributed by atoms with Crippen molar-refractivity contribution in [1.29, 1.82) is 0 Å². The first-order chi connectivity index (χ1) is 12.0. The van der Waals surface area contributed by atoms with E-state index < -0.39 is 18.4 Å². The van der Waals surface area contributed by atoms with Crippen LogP contribution in [-0.4, -0.2) is 32.1 Å². The average molecular weight is 350 g/mol. The highest BCUT2D eigenvalue weighted by Gasteiger charge is 2.16. The zero-order valence-corrected chi connectivity index (χ0v) is 13.3. The third-order valence-electron chi connectivity index (χ3n) is 3.13. The molecule has 0 unspecified atom stereocenters. The number of halogens is 2. The Morgan fingerprint density at radius 1 is 1.08 bits per heavy atom. The van der Waals surface area contributed by atoms with Gasteiger partial charge in [-0.25, -0.2) is 0 Å². The Morgan fingerprint density at radius 2 is 1.76 bits per heavy atom. The van der Waals surface area contributed by atoms with Gasteiger partial charge in [0.2, 0.25) is 5.91 Å². The second kappa shape index (κ2) is 8.62. The molecule has 2 rings (SSSR count). The van der Waals surface area contributed by atoms with Gasteiger partial charge in [0.25, 0.3) is 5.91 Å². The minimum atomic E-state index is -3.05. The van der Waals surface area contributed by atoms with Crippen LogP contribution in [0.4, 0.5) is 14.5 Å². The fourth-order valence-electron chi connectivity index (χ4n) is 1.99. The predicted molar refractivity (Wildman–Crippen MR) is 87.0 cm³/mol. The maximum absolute atomic E-state index is 12.3. The molecule has 132 valence electrons. The van der Waals surface area contributed by atoms with E-state index in [9.17, 15) is 18.4 Å². The van der Waals surface area contributed by atoms with Gasteiger partial charge in [-0.2, -0.15) is 8.78 Å². The summed E-state index contributed by atoms with van der Waals surface area (Å²) in [5, 5.41) is 4.94. The van der Waals surface area contributed by atoms with Gasteiger partial charge in [-0.05, 0) is 36.4 Å². The SMILES string of the molecule is COc1ccc(NC(=O)CNC(=O)c2ccccc2OC(F)F)cc1. The summed E-state index contributed by atoms with van der Waals surface area (Å²) < 4.78 is 34.0. The summed E-state index contributed by atoms with van der Waals surface area (Å²) >= 11 is 0. The predicted octanol–water partition coefficient (Wildman–Crippen LogP) is 2.67. The van der Waals surface area contributed by atoms with Gasteiger partial charge in [0.05, 0.1) is 19.2 Å². The molecule has 8 heteroatoms. The second-order valence-corrected chi connectivity index (χ2v) is 4.83. The van der Waals surface area contributed by atoms with Gasteiger partial charge in [0.15, 0.2) is 0 Å². The zero-order chi connectivity index (χ0) is 18.2. The van der Waals surface area contributed by atoms with Gasteiger partial charge in [-0.15, -0.1) is 0 Å². The van der Waals surface area contributed by atoms with E-state index in [4.69, 9.17) is 4.74 Å². The van der Waals surface area contributed by atoms with Gasteiger partial charge in [0.1, 0.15) is 11.5 Å². The quantitative estimate of drug-likeness (QED) is 0.805. The molecule has 2 aromatic rings. The van der Waals surface area contributed by atoms with Crippen molar-refractivity contribution in [3.8, 4) is 11.5 Å². The molecule has 2 amide bonds. The molecule has 2 N–H and O–H groups in total. The monoisotopic (exact) mass is 350 g/mol. The van der Waals surface area contributed by atoms with Crippen molar-refractivity contribution in [3.05, 3.63) is 54.1 Å². The molecule has 0 bridgehead atoms. The molecule has 0 saturated heterocycles. The fraction of sp³-hybridized carbons (Fsp3) is 0.176. The van der Waals surface area contributed by atoms with Gasteiger partial charge < -0.3 is 20.1 Å². The molecule has 0 atom stereocenters. The smallest absolute Gasteiger partial charge is 0.387 e. The Bertz CT molecular complexity index is 736. The summed E-state index contributed by atoms with van der Waals surface area (Å²) in [4.78, 5) is 23.9. The number of carbonyl (C=O) groups is 2. The molecule has 6 nitrogen and oxygen atoms in total. The first-order valence-electron chi connectivity index (χ1n) is 7.25. The van der Waals surface area contributed by atoms with Crippen LogP contribution in [0.5, 0.6) is 11.5 Å². The minimum Gasteiger partial charge on any atom is -0.497 e. The van der Waals surface area contributed by atoms with Gasteiger partial charge in [0, 0.05) is 5.69 Å². The maximum atomic E-state index is 12.3. The Hall–Kier alpha value is -3.16. The van der Waals surface area contributed by atoms with Crippen LogP contribution in [0.1, 0.15) is 10.4 Å². The molecule has 0 aliphatic carbocycles. The minimum absolute atomic E-state index is 0.0833. The van der Waals surface area contributed by atoms with Crippen molar-refractivity contribution in [3.63, 3.8) is 0 Å². The fourth-order valence-corrected chi connectivity index (χ4v) is 1.99. The lowest BCUT2D eigenvalue weighted by Gasteiger charge is -2.11. The van der Waals surface area contributed by atoms with Gasteiger partial charge >= 0.3 is 6.61 Å². The Morgan fingerprint density at radius 3 is 2.40 bits per heavy atom. The van der Waals surface area contributed by atoms with Crippen LogP contribution >= 0.6 is 0 Å². The molecule has 2 aromatic carbocycles. The highest BCUT2D eigenvalue weighted by Crippen LogP contribution is 2.20. The van der Waals surface area contributed by atoms with Crippen LogP contribution in [0, 0.1) is 0 Å². The summed E-state index contributed by atoms with van der Waals surface area (Å²) in [6, 6.07) is 12.2. The number of amides is 2. The molecule has 0 aliphatic heterocycles. The van der Waals surface area contributed by atoms with E-state index in [1.54, 1.807) is 24.3 Å². The molecular formula is C17H16F2N2O4. The van der Waals surface area contributed by atoms with Crippen LogP contribution in [0.25, 0.3) is 0 Å². The largest absolute Gasteiger partial charge is 0.497 e. The molecule has 0 fully saturated rings. The molecule has 25 heavy (non-hydrogen) atoms. The van der Waals surface area contributed by atoms with Gasteiger partial charge in [-0.1, -0.05) is 12.1 Å². The summed E-state index contributed by atoms with van der Waals surface area (Å²) in [5.74, 6) is -0.778. The lowest BCUT2D eigenvalue weighted by atomic mass is 10.2. The van der Waals surface area contributed by atoms with E-state index in [1.165, 1.54) is 31.4 Å². The number of anilines is 1. The van der Waals surface area contributed by atoms with Crippen molar-refractivity contribution >= 4 is 17.5 Å². The number of methoxy groups -OCH3 is 1. The summed E-state index contributed by atoms with van der Waals surface area (Å²) in [7, 11) is 1.53. The normalized spacial score (nSPS) is 10.2. The Labute approximate surface area is 142 Å². The number of carbonyl (C=O) groups excluding carboxylic acids is 2. The van der Waals surface area contributed by atoms with Crippen LogP contribution in [0.3, 0.4) is 0 Å². The number of ether oxygens (including phenoxy) is 2. The van der Waals surface area contributed by atoms with Crippen LogP contribution in [-0.2, 0) is 4.79 Å². The molecule has 0 heterocycles. The van der Waals surface area contributed by atoms with Crippen LogP contribution in [0.2, 0.25) is 0 Å². The number of nitrogens with one attached hydrogen (secondary N) is 2. The number of para-hydroxylation sites is 1. The summed E-state index contributed by atoms with van der Waals surface area (Å²) in [6.07, 6.45) is 0. The van der Waals surface area contributed by atoms with E-state index in [2.05, 4.69) is 15.4 Å². The third-order valence-corrected chi connectivity index (χ3v) is 3.13. The van der Waals surface area contributed by atoms with Crippen molar-refractivity contribution in [2.75, 3.05) is 19.0 Å². The number of benzene rings is 2. The number of hydrogen-bond donors (Lipinski definition) is 2. The molecule has 0 aliphatic rings. The average Bonchev–Trinajstić information content (AvgIpc) is 2.60. The lowest BCUT2D eigenvalue weighted by Crippen LogP contribution is -2.33. The Balaban J connectivity index is 1.92. The van der Waals surface area contributed by atoms with E-state index in [1.807, 2.05) is 0 Å². The van der Waals surface area contributed by atoms with Crippen molar-refractivity contribution in [1.82, 2.24) is 5.32 Å². The first-order valence-corrected chi connectivity index (χ1v) is 7.25. The topological polar surface area (TPSA) is 76.7 Å². The van der Waals surface area contributed by atoms with E-state index in [0.717, 1.165) is 0 Å². The lowest BCUT2D eigenvalue weighted by molar-refractivity contribution is -0.115. The first kappa shape index (κ1) is 18.2. The molecule has 0 saturated carbocycles. The molecule has 0 radical (unpaired) electrons. The van der Waals surface area contributed by atoms with E-state index >= 15 is 0 Å². The summed E-state index contributed by atoms with van der Waals surface area (Å²) in [5.41, 5.74) is 0.446.